The van der Waals surface area contributed by atoms with Gasteiger partial charge in [0.1, 0.15) is 29.6 Å². The van der Waals surface area contributed by atoms with Crippen molar-refractivity contribution in [1.82, 2.24) is 0 Å². The summed E-state index contributed by atoms with van der Waals surface area (Å²) in [6.07, 6.45) is 0. The maximum Gasteiger partial charge on any atom is 0.146 e. The van der Waals surface area contributed by atoms with Gasteiger partial charge in [-0.15, -0.1) is 0 Å². The molecule has 0 bridgehead atoms. The monoisotopic (exact) mass is 267 g/mol. The highest BCUT2D eigenvalue weighted by Gasteiger charge is 2.07. The molecule has 0 fully saturated rings. The third-order valence-electron chi connectivity index (χ3n) is 2.43. The largest absolute Gasteiger partial charge is 0.506 e. The second kappa shape index (κ2) is 5.14. The van der Waals surface area contributed by atoms with Crippen molar-refractivity contribution < 1.29 is 14.2 Å². The van der Waals surface area contributed by atoms with Gasteiger partial charge in [-0.1, -0.05) is 17.7 Å². The van der Waals surface area contributed by atoms with Gasteiger partial charge < -0.3 is 15.6 Å². The number of benzene rings is 2. The number of ether oxygens (including phenoxy) is 1. The minimum absolute atomic E-state index is 0.0576. The summed E-state index contributed by atoms with van der Waals surface area (Å²) in [4.78, 5) is 0. The van der Waals surface area contributed by atoms with Crippen molar-refractivity contribution in [1.29, 1.82) is 0 Å². The quantitative estimate of drug-likeness (QED) is 0.662. The molecule has 2 rings (SSSR count). The van der Waals surface area contributed by atoms with Crippen LogP contribution >= 0.6 is 11.6 Å². The van der Waals surface area contributed by atoms with Crippen molar-refractivity contribution in [2.75, 3.05) is 5.73 Å². The van der Waals surface area contributed by atoms with Gasteiger partial charge in [0.2, 0.25) is 0 Å². The van der Waals surface area contributed by atoms with Crippen LogP contribution in [-0.2, 0) is 6.61 Å². The van der Waals surface area contributed by atoms with Gasteiger partial charge in [0, 0.05) is 10.6 Å². The summed E-state index contributed by atoms with van der Waals surface area (Å²) >= 11 is 5.91. The molecule has 0 saturated carbocycles. The molecule has 5 heteroatoms. The first-order valence-electron chi connectivity index (χ1n) is 5.22. The minimum Gasteiger partial charge on any atom is -0.506 e. The fourth-order valence-electron chi connectivity index (χ4n) is 1.47. The summed E-state index contributed by atoms with van der Waals surface area (Å²) < 4.78 is 18.4. The van der Waals surface area contributed by atoms with Crippen LogP contribution in [0, 0.1) is 5.82 Å². The summed E-state index contributed by atoms with van der Waals surface area (Å²) in [5.74, 6) is -0.116. The van der Waals surface area contributed by atoms with Crippen LogP contribution in [0.2, 0.25) is 5.02 Å². The zero-order chi connectivity index (χ0) is 13.1. The van der Waals surface area contributed by atoms with E-state index in [1.165, 1.54) is 24.3 Å². The lowest BCUT2D eigenvalue weighted by Gasteiger charge is -2.10. The van der Waals surface area contributed by atoms with Crippen molar-refractivity contribution in [2.45, 2.75) is 6.61 Å². The Morgan fingerprint density at radius 3 is 2.83 bits per heavy atom. The van der Waals surface area contributed by atoms with E-state index in [-0.39, 0.29) is 23.9 Å². The summed E-state index contributed by atoms with van der Waals surface area (Å²) in [7, 11) is 0. The number of nitrogen functional groups attached to an aromatic ring is 1. The Bertz CT molecular complexity index is 573. The van der Waals surface area contributed by atoms with Gasteiger partial charge in [-0.25, -0.2) is 4.39 Å². The molecule has 2 aromatic rings. The number of phenols is 1. The van der Waals surface area contributed by atoms with Crippen LogP contribution < -0.4 is 10.5 Å². The molecular formula is C13H11ClFNO2. The number of para-hydroxylation sites is 1. The summed E-state index contributed by atoms with van der Waals surface area (Å²) in [5, 5.41) is 9.82. The fraction of sp³-hybridized carbons (Fsp3) is 0.0769. The van der Waals surface area contributed by atoms with Crippen LogP contribution in [0.15, 0.2) is 36.4 Å². The van der Waals surface area contributed by atoms with Crippen molar-refractivity contribution >= 4 is 17.3 Å². The number of halogens is 2. The number of anilines is 1. The van der Waals surface area contributed by atoms with E-state index in [4.69, 9.17) is 22.1 Å². The molecule has 2 aromatic carbocycles. The van der Waals surface area contributed by atoms with Crippen LogP contribution in [0.3, 0.4) is 0 Å². The number of phenolic OH excluding ortho intramolecular Hbond substituents is 1. The standard InChI is InChI=1S/C13H11ClFNO2/c14-10-5-4-9(15)6-8(10)7-18-12-3-1-2-11(17)13(12)16/h1-6,17H,7,16H2. The Hall–Kier alpha value is -1.94. The maximum atomic E-state index is 13.0. The highest BCUT2D eigenvalue weighted by Crippen LogP contribution is 2.31. The van der Waals surface area contributed by atoms with Gasteiger partial charge >= 0.3 is 0 Å². The lowest BCUT2D eigenvalue weighted by Crippen LogP contribution is -2.00. The zero-order valence-electron chi connectivity index (χ0n) is 9.36. The summed E-state index contributed by atoms with van der Waals surface area (Å²) in [6.45, 7) is 0.0737. The fourth-order valence-corrected chi connectivity index (χ4v) is 1.64. The predicted octanol–water partition coefficient (Wildman–Crippen LogP) is 3.35. The van der Waals surface area contributed by atoms with E-state index in [0.29, 0.717) is 16.3 Å². The Balaban J connectivity index is 2.16. The molecule has 0 unspecified atom stereocenters. The third-order valence-corrected chi connectivity index (χ3v) is 2.80. The molecule has 0 aromatic heterocycles. The molecule has 0 atom stereocenters. The van der Waals surface area contributed by atoms with E-state index < -0.39 is 0 Å². The molecule has 0 aliphatic carbocycles. The molecule has 0 amide bonds. The van der Waals surface area contributed by atoms with E-state index in [9.17, 15) is 9.50 Å². The molecule has 3 N–H and O–H groups in total. The van der Waals surface area contributed by atoms with Gasteiger partial charge in [-0.3, -0.25) is 0 Å². The molecular weight excluding hydrogens is 257 g/mol. The van der Waals surface area contributed by atoms with Crippen LogP contribution in [0.5, 0.6) is 11.5 Å². The first-order chi connectivity index (χ1) is 8.58. The molecule has 94 valence electrons. The Kier molecular flexibility index (Phi) is 3.58. The van der Waals surface area contributed by atoms with E-state index in [1.54, 1.807) is 12.1 Å². The van der Waals surface area contributed by atoms with Gasteiger partial charge in [-0.05, 0) is 30.3 Å². The number of hydrogen-bond donors (Lipinski definition) is 2. The predicted molar refractivity (Wildman–Crippen MR) is 68.3 cm³/mol. The average Bonchev–Trinajstić information content (AvgIpc) is 2.35. The summed E-state index contributed by atoms with van der Waals surface area (Å²) in [5.41, 5.74) is 6.29. The maximum absolute atomic E-state index is 13.0. The molecule has 0 heterocycles. The van der Waals surface area contributed by atoms with Crippen LogP contribution in [-0.4, -0.2) is 5.11 Å². The lowest BCUT2D eigenvalue weighted by atomic mass is 10.2. The third kappa shape index (κ3) is 2.65. The minimum atomic E-state index is -0.387. The normalized spacial score (nSPS) is 10.3. The van der Waals surface area contributed by atoms with Crippen molar-refractivity contribution in [3.05, 3.63) is 52.8 Å². The van der Waals surface area contributed by atoms with Crippen LogP contribution in [0.4, 0.5) is 10.1 Å². The molecule has 0 radical (unpaired) electrons. The average molecular weight is 268 g/mol. The van der Waals surface area contributed by atoms with E-state index in [1.807, 2.05) is 0 Å². The van der Waals surface area contributed by atoms with E-state index in [2.05, 4.69) is 0 Å². The number of nitrogens with two attached hydrogens (primary N) is 1. The number of rotatable bonds is 3. The number of aromatic hydroxyl groups is 1. The van der Waals surface area contributed by atoms with Crippen molar-refractivity contribution in [2.24, 2.45) is 0 Å². The van der Waals surface area contributed by atoms with Gasteiger partial charge in [-0.2, -0.15) is 0 Å². The van der Waals surface area contributed by atoms with Gasteiger partial charge in [0.05, 0.1) is 0 Å². The van der Waals surface area contributed by atoms with E-state index in [0.717, 1.165) is 0 Å². The lowest BCUT2D eigenvalue weighted by molar-refractivity contribution is 0.306. The number of hydrogen-bond acceptors (Lipinski definition) is 3. The van der Waals surface area contributed by atoms with Gasteiger partial charge in [0.25, 0.3) is 0 Å². The zero-order valence-corrected chi connectivity index (χ0v) is 10.1. The highest BCUT2D eigenvalue weighted by atomic mass is 35.5. The highest BCUT2D eigenvalue weighted by molar-refractivity contribution is 6.31. The Labute approximate surface area is 109 Å². The van der Waals surface area contributed by atoms with Crippen LogP contribution in [0.25, 0.3) is 0 Å². The first kappa shape index (κ1) is 12.5. The summed E-state index contributed by atoms with van der Waals surface area (Å²) in [6, 6.07) is 8.70. The molecule has 3 nitrogen and oxygen atoms in total. The Morgan fingerprint density at radius 2 is 2.06 bits per heavy atom. The van der Waals surface area contributed by atoms with Crippen molar-refractivity contribution in [3.63, 3.8) is 0 Å². The molecule has 0 saturated heterocycles. The smallest absolute Gasteiger partial charge is 0.146 e. The molecule has 0 aliphatic rings. The second-order valence-electron chi connectivity index (χ2n) is 3.71. The van der Waals surface area contributed by atoms with Crippen molar-refractivity contribution in [3.8, 4) is 11.5 Å². The Morgan fingerprint density at radius 1 is 1.28 bits per heavy atom. The van der Waals surface area contributed by atoms with Crippen LogP contribution in [0.1, 0.15) is 5.56 Å². The second-order valence-corrected chi connectivity index (χ2v) is 4.12. The molecule has 18 heavy (non-hydrogen) atoms. The molecule has 0 spiro atoms. The SMILES string of the molecule is Nc1c(O)cccc1OCc1cc(F)ccc1Cl. The topological polar surface area (TPSA) is 55.5 Å². The first-order valence-corrected chi connectivity index (χ1v) is 5.60. The van der Waals surface area contributed by atoms with Gasteiger partial charge in [0.15, 0.2) is 0 Å². The van der Waals surface area contributed by atoms with E-state index >= 15 is 0 Å². The molecule has 0 aliphatic heterocycles.